The Labute approximate surface area is 103 Å². The number of benzene rings is 1. The highest BCUT2D eigenvalue weighted by Gasteiger charge is 2.21. The zero-order valence-electron chi connectivity index (χ0n) is 10.7. The average Bonchev–Trinajstić information content (AvgIpc) is 2.68. The van der Waals surface area contributed by atoms with Crippen LogP contribution in [0.1, 0.15) is 6.04 Å². The molecule has 2 rings (SSSR count). The van der Waals surface area contributed by atoms with Crippen LogP contribution in [0.4, 0.5) is 0 Å². The molecule has 0 radical (unpaired) electrons. The van der Waals surface area contributed by atoms with Gasteiger partial charge in [-0.15, -0.1) is 11.7 Å². The fourth-order valence-electron chi connectivity index (χ4n) is 2.03. The van der Waals surface area contributed by atoms with Gasteiger partial charge in [0.15, 0.2) is 0 Å². The molecule has 3 nitrogen and oxygen atoms in total. The van der Waals surface area contributed by atoms with Gasteiger partial charge in [0, 0.05) is 8.07 Å². The van der Waals surface area contributed by atoms with Gasteiger partial charge in [0.2, 0.25) is 0 Å². The predicted octanol–water partition coefficient (Wildman–Crippen LogP) is 3.50. The summed E-state index contributed by atoms with van der Waals surface area (Å²) in [7, 11) is -1.14. The number of para-hydroxylation sites is 1. The molecule has 0 saturated carbocycles. The third-order valence-electron chi connectivity index (χ3n) is 2.79. The van der Waals surface area contributed by atoms with Crippen molar-refractivity contribution in [3.63, 3.8) is 0 Å². The molecule has 1 unspecified atom stereocenters. The average molecular weight is 245 g/mol. The van der Waals surface area contributed by atoms with Crippen molar-refractivity contribution in [3.05, 3.63) is 36.9 Å². The van der Waals surface area contributed by atoms with Gasteiger partial charge in [-0.3, -0.25) is 0 Å². The molecule has 1 aromatic heterocycles. The van der Waals surface area contributed by atoms with E-state index in [4.69, 9.17) is 0 Å². The molecule has 0 amide bonds. The van der Waals surface area contributed by atoms with Gasteiger partial charge in [-0.1, -0.05) is 43.1 Å². The van der Waals surface area contributed by atoms with Crippen molar-refractivity contribution in [1.29, 1.82) is 0 Å². The van der Waals surface area contributed by atoms with E-state index in [1.807, 2.05) is 29.0 Å². The molecule has 0 aliphatic heterocycles. The lowest BCUT2D eigenvalue weighted by Crippen LogP contribution is -2.25. The highest BCUT2D eigenvalue weighted by molar-refractivity contribution is 6.76. The normalized spacial score (nSPS) is 13.8. The van der Waals surface area contributed by atoms with Crippen molar-refractivity contribution in [3.8, 4) is 0 Å². The third-order valence-corrected chi connectivity index (χ3v) is 4.43. The van der Waals surface area contributed by atoms with Gasteiger partial charge in [0.25, 0.3) is 0 Å². The van der Waals surface area contributed by atoms with E-state index in [0.717, 1.165) is 17.1 Å². The Bertz CT molecular complexity index is 525. The molecule has 17 heavy (non-hydrogen) atoms. The maximum atomic E-state index is 4.27. The van der Waals surface area contributed by atoms with Gasteiger partial charge in [-0.05, 0) is 18.2 Å². The van der Waals surface area contributed by atoms with Gasteiger partial charge in [-0.25, -0.2) is 4.68 Å². The molecule has 0 bridgehead atoms. The van der Waals surface area contributed by atoms with E-state index in [2.05, 4.69) is 42.6 Å². The van der Waals surface area contributed by atoms with E-state index in [9.17, 15) is 0 Å². The molecule has 1 heterocycles. The number of hydrogen-bond acceptors (Lipinski definition) is 2. The number of nitrogens with zero attached hydrogens (tertiary/aromatic N) is 3. The summed E-state index contributed by atoms with van der Waals surface area (Å²) in [6.07, 6.45) is 1.99. The molecule has 2 aromatic rings. The van der Waals surface area contributed by atoms with Gasteiger partial charge in [0.1, 0.15) is 5.52 Å². The number of hydrogen-bond donors (Lipinski definition) is 0. The number of allylic oxidation sites excluding steroid dienone is 1. The number of aromatic nitrogens is 3. The maximum Gasteiger partial charge on any atom is 0.113 e. The first-order valence-corrected chi connectivity index (χ1v) is 9.64. The van der Waals surface area contributed by atoms with E-state index < -0.39 is 8.07 Å². The van der Waals surface area contributed by atoms with Crippen molar-refractivity contribution in [1.82, 2.24) is 15.0 Å². The molecule has 0 N–H and O–H groups in total. The third kappa shape index (κ3) is 2.64. The molecule has 0 aliphatic rings. The second-order valence-corrected chi connectivity index (χ2v) is 11.1. The van der Waals surface area contributed by atoms with Gasteiger partial charge >= 0.3 is 0 Å². The maximum absolute atomic E-state index is 4.27. The van der Waals surface area contributed by atoms with Crippen LogP contribution in [0, 0.1) is 0 Å². The van der Waals surface area contributed by atoms with Crippen LogP contribution in [0.15, 0.2) is 36.9 Å². The van der Waals surface area contributed by atoms with Crippen molar-refractivity contribution in [2.24, 2.45) is 0 Å². The highest BCUT2D eigenvalue weighted by Crippen LogP contribution is 2.24. The topological polar surface area (TPSA) is 30.7 Å². The summed E-state index contributed by atoms with van der Waals surface area (Å²) in [6.45, 7) is 11.0. The van der Waals surface area contributed by atoms with E-state index in [0.29, 0.717) is 0 Å². The van der Waals surface area contributed by atoms with Crippen molar-refractivity contribution >= 4 is 19.1 Å². The lowest BCUT2D eigenvalue weighted by atomic mass is 10.3. The minimum absolute atomic E-state index is 0.258. The zero-order valence-corrected chi connectivity index (χ0v) is 11.7. The smallest absolute Gasteiger partial charge is 0.113 e. The fourth-order valence-corrected chi connectivity index (χ4v) is 3.62. The first kappa shape index (κ1) is 12.0. The predicted molar refractivity (Wildman–Crippen MR) is 74.9 cm³/mol. The summed E-state index contributed by atoms with van der Waals surface area (Å²) in [6, 6.07) is 9.47. The van der Waals surface area contributed by atoms with E-state index in [1.165, 1.54) is 0 Å². The minimum Gasteiger partial charge on any atom is -0.238 e. The Morgan fingerprint density at radius 2 is 2.06 bits per heavy atom. The van der Waals surface area contributed by atoms with Crippen molar-refractivity contribution in [2.45, 2.75) is 31.7 Å². The lowest BCUT2D eigenvalue weighted by molar-refractivity contribution is 0.570. The summed E-state index contributed by atoms with van der Waals surface area (Å²) >= 11 is 0. The van der Waals surface area contributed by atoms with Crippen LogP contribution in [0.3, 0.4) is 0 Å². The zero-order chi connectivity index (χ0) is 12.5. The summed E-state index contributed by atoms with van der Waals surface area (Å²) < 4.78 is 2.00. The van der Waals surface area contributed by atoms with Crippen LogP contribution >= 0.6 is 0 Å². The SMILES string of the molecule is C=CC(C[Si](C)(C)C)n1nnc2ccccc21. The van der Waals surface area contributed by atoms with Crippen molar-refractivity contribution in [2.75, 3.05) is 0 Å². The Kier molecular flexibility index (Phi) is 3.15. The van der Waals surface area contributed by atoms with Gasteiger partial charge < -0.3 is 0 Å². The molecule has 0 spiro atoms. The summed E-state index contributed by atoms with van der Waals surface area (Å²) in [4.78, 5) is 0. The second kappa shape index (κ2) is 4.45. The van der Waals surface area contributed by atoms with Crippen molar-refractivity contribution < 1.29 is 0 Å². The molecule has 0 aliphatic carbocycles. The van der Waals surface area contributed by atoms with E-state index in [-0.39, 0.29) is 6.04 Å². The summed E-state index contributed by atoms with van der Waals surface area (Å²) in [5, 5.41) is 8.47. The molecule has 90 valence electrons. The highest BCUT2D eigenvalue weighted by atomic mass is 28.3. The molecule has 1 aromatic carbocycles. The first-order valence-electron chi connectivity index (χ1n) is 5.94. The minimum atomic E-state index is -1.14. The van der Waals surface area contributed by atoms with E-state index >= 15 is 0 Å². The largest absolute Gasteiger partial charge is 0.238 e. The van der Waals surface area contributed by atoms with Crippen LogP contribution in [0.5, 0.6) is 0 Å². The molecule has 0 saturated heterocycles. The Morgan fingerprint density at radius 1 is 1.35 bits per heavy atom. The molecule has 1 atom stereocenters. The standard InChI is InChI=1S/C13H19N3Si/c1-5-11(10-17(2,3)4)16-13-9-7-6-8-12(13)14-15-16/h5-9,11H,1,10H2,2-4H3. The molecule has 0 fully saturated rings. The van der Waals surface area contributed by atoms with E-state index in [1.54, 1.807) is 0 Å². The Morgan fingerprint density at radius 3 is 2.71 bits per heavy atom. The molecular formula is C13H19N3Si. The quantitative estimate of drug-likeness (QED) is 0.610. The van der Waals surface area contributed by atoms with Crippen LogP contribution in [-0.4, -0.2) is 23.1 Å². The van der Waals surface area contributed by atoms with Gasteiger partial charge in [-0.2, -0.15) is 0 Å². The Balaban J connectivity index is 2.40. The fraction of sp³-hybridized carbons (Fsp3) is 0.385. The molecule has 4 heteroatoms. The summed E-state index contributed by atoms with van der Waals surface area (Å²) in [5.74, 6) is 0. The van der Waals surface area contributed by atoms with Gasteiger partial charge in [0.05, 0.1) is 11.6 Å². The number of fused-ring (bicyclic) bond motifs is 1. The lowest BCUT2D eigenvalue weighted by Gasteiger charge is -2.22. The second-order valence-electron chi connectivity index (χ2n) is 5.59. The van der Waals surface area contributed by atoms with Crippen LogP contribution in [0.2, 0.25) is 25.7 Å². The van der Waals surface area contributed by atoms with Crippen LogP contribution in [-0.2, 0) is 0 Å². The monoisotopic (exact) mass is 245 g/mol. The molecular weight excluding hydrogens is 226 g/mol. The number of rotatable bonds is 4. The Hall–Kier alpha value is -1.42. The first-order chi connectivity index (χ1) is 8.01. The van der Waals surface area contributed by atoms with Crippen LogP contribution in [0.25, 0.3) is 11.0 Å². The summed E-state index contributed by atoms with van der Waals surface area (Å²) in [5.41, 5.74) is 2.05. The van der Waals surface area contributed by atoms with Crippen LogP contribution < -0.4 is 0 Å².